The highest BCUT2D eigenvalue weighted by Crippen LogP contribution is 2.50. The van der Waals surface area contributed by atoms with Crippen LogP contribution in [0.15, 0.2) is 24.3 Å². The van der Waals surface area contributed by atoms with Crippen LogP contribution in [0.3, 0.4) is 0 Å². The van der Waals surface area contributed by atoms with Gasteiger partial charge in [-0.05, 0) is 45.4 Å². The van der Waals surface area contributed by atoms with Crippen molar-refractivity contribution in [3.05, 3.63) is 29.8 Å². The number of hydrogen-bond acceptors (Lipinski definition) is 2. The third-order valence-electron chi connectivity index (χ3n) is 3.26. The summed E-state index contributed by atoms with van der Waals surface area (Å²) in [4.78, 5) is 0. The smallest absolute Gasteiger partial charge is 0.459 e. The molecule has 0 aliphatic carbocycles. The first kappa shape index (κ1) is 21.5. The van der Waals surface area contributed by atoms with Crippen molar-refractivity contribution in [1.29, 1.82) is 0 Å². The van der Waals surface area contributed by atoms with Gasteiger partial charge < -0.3 is 9.84 Å². The molecule has 1 aromatic carbocycles. The fourth-order valence-corrected chi connectivity index (χ4v) is 2.10. The van der Waals surface area contributed by atoms with Gasteiger partial charge in [0.05, 0.1) is 12.0 Å². The summed E-state index contributed by atoms with van der Waals surface area (Å²) < 4.78 is 95.4. The van der Waals surface area contributed by atoms with E-state index in [0.29, 0.717) is 0 Å². The molecule has 0 saturated heterocycles. The maximum Gasteiger partial charge on any atom is 0.459 e. The van der Waals surface area contributed by atoms with Crippen LogP contribution < -0.4 is 4.74 Å². The van der Waals surface area contributed by atoms with Crippen molar-refractivity contribution in [1.82, 2.24) is 0 Å². The van der Waals surface area contributed by atoms with Crippen LogP contribution in [0.4, 0.5) is 30.7 Å². The zero-order valence-electron chi connectivity index (χ0n) is 14.0. The lowest BCUT2D eigenvalue weighted by Gasteiger charge is -2.34. The standard InChI is InChI=1S/C16H19F7O2/c1-12(2,3)25-11-7-5-6-10(8-11)13(4,24)9-14(17,18)15(19,20)16(21,22)23/h5-8,24H,9H2,1-4H3. The van der Waals surface area contributed by atoms with Gasteiger partial charge in [-0.3, -0.25) is 0 Å². The number of rotatable bonds is 5. The molecule has 1 rings (SSSR count). The fraction of sp³-hybridized carbons (Fsp3) is 0.625. The van der Waals surface area contributed by atoms with Crippen molar-refractivity contribution in [3.63, 3.8) is 0 Å². The Labute approximate surface area is 140 Å². The second kappa shape index (κ2) is 6.34. The van der Waals surface area contributed by atoms with Crippen LogP contribution in [0.2, 0.25) is 0 Å². The molecule has 0 aliphatic rings. The monoisotopic (exact) mass is 376 g/mol. The predicted octanol–water partition coefficient (Wildman–Crippen LogP) is 5.29. The van der Waals surface area contributed by atoms with E-state index in [-0.39, 0.29) is 11.3 Å². The lowest BCUT2D eigenvalue weighted by atomic mass is 9.87. The average Bonchev–Trinajstić information content (AvgIpc) is 2.34. The SMILES string of the molecule is CC(C)(C)Oc1cccc(C(C)(O)CC(F)(F)C(F)(F)C(F)(F)F)c1. The Hall–Kier alpha value is -1.51. The van der Waals surface area contributed by atoms with Crippen molar-refractivity contribution >= 4 is 0 Å². The molecular weight excluding hydrogens is 357 g/mol. The minimum atomic E-state index is -6.44. The quantitative estimate of drug-likeness (QED) is 0.707. The topological polar surface area (TPSA) is 29.5 Å². The molecule has 0 bridgehead atoms. The molecule has 0 fully saturated rings. The molecule has 2 nitrogen and oxygen atoms in total. The highest BCUT2D eigenvalue weighted by Gasteiger charge is 2.73. The van der Waals surface area contributed by atoms with Crippen LogP contribution in [0.1, 0.15) is 39.7 Å². The van der Waals surface area contributed by atoms with Crippen LogP contribution in [0, 0.1) is 0 Å². The summed E-state index contributed by atoms with van der Waals surface area (Å²) in [5.74, 6) is -11.6. The molecule has 0 amide bonds. The summed E-state index contributed by atoms with van der Waals surface area (Å²) >= 11 is 0. The Morgan fingerprint density at radius 3 is 1.88 bits per heavy atom. The zero-order chi connectivity index (χ0) is 19.9. The summed E-state index contributed by atoms with van der Waals surface area (Å²) in [6.07, 6.45) is -8.56. The maximum absolute atomic E-state index is 13.6. The van der Waals surface area contributed by atoms with E-state index in [1.165, 1.54) is 12.1 Å². The number of benzene rings is 1. The zero-order valence-corrected chi connectivity index (χ0v) is 14.0. The summed E-state index contributed by atoms with van der Waals surface area (Å²) in [5.41, 5.74) is -3.58. The minimum Gasteiger partial charge on any atom is -0.488 e. The van der Waals surface area contributed by atoms with Crippen molar-refractivity contribution in [3.8, 4) is 5.75 Å². The molecule has 0 heterocycles. The number of aliphatic hydroxyl groups is 1. The Morgan fingerprint density at radius 1 is 0.920 bits per heavy atom. The highest BCUT2D eigenvalue weighted by atomic mass is 19.4. The molecule has 0 aliphatic heterocycles. The van der Waals surface area contributed by atoms with E-state index in [1.807, 2.05) is 0 Å². The normalized spacial score (nSPS) is 16.5. The van der Waals surface area contributed by atoms with E-state index >= 15 is 0 Å². The molecule has 0 saturated carbocycles. The summed E-state index contributed by atoms with van der Waals surface area (Å²) in [7, 11) is 0. The molecule has 144 valence electrons. The number of alkyl halides is 7. The molecular formula is C16H19F7O2. The molecule has 1 N–H and O–H groups in total. The molecule has 1 unspecified atom stereocenters. The van der Waals surface area contributed by atoms with E-state index in [9.17, 15) is 35.8 Å². The van der Waals surface area contributed by atoms with Gasteiger partial charge in [0.15, 0.2) is 0 Å². The van der Waals surface area contributed by atoms with Gasteiger partial charge in [0, 0.05) is 0 Å². The van der Waals surface area contributed by atoms with Crippen LogP contribution in [-0.4, -0.2) is 28.7 Å². The number of halogens is 7. The van der Waals surface area contributed by atoms with Crippen LogP contribution in [0.25, 0.3) is 0 Å². The van der Waals surface area contributed by atoms with Gasteiger partial charge in [0.25, 0.3) is 0 Å². The summed E-state index contributed by atoms with van der Waals surface area (Å²) in [6, 6.07) is 5.00. The number of hydrogen-bond donors (Lipinski definition) is 1. The van der Waals surface area contributed by atoms with Crippen LogP contribution >= 0.6 is 0 Å². The Kier molecular flexibility index (Phi) is 5.46. The van der Waals surface area contributed by atoms with E-state index in [4.69, 9.17) is 4.74 Å². The molecule has 9 heteroatoms. The molecule has 25 heavy (non-hydrogen) atoms. The van der Waals surface area contributed by atoms with Crippen LogP contribution in [-0.2, 0) is 5.60 Å². The van der Waals surface area contributed by atoms with Gasteiger partial charge in [0.1, 0.15) is 11.4 Å². The number of ether oxygens (including phenoxy) is 1. The first-order chi connectivity index (χ1) is 10.9. The first-order valence-electron chi connectivity index (χ1n) is 7.23. The molecule has 0 radical (unpaired) electrons. The van der Waals surface area contributed by atoms with E-state index in [1.54, 1.807) is 20.8 Å². The molecule has 1 aromatic rings. The molecule has 0 aromatic heterocycles. The van der Waals surface area contributed by atoms with Gasteiger partial charge in [-0.1, -0.05) is 12.1 Å². The van der Waals surface area contributed by atoms with Gasteiger partial charge >= 0.3 is 18.0 Å². The van der Waals surface area contributed by atoms with E-state index in [2.05, 4.69) is 0 Å². The minimum absolute atomic E-state index is 0.149. The predicted molar refractivity (Wildman–Crippen MR) is 77.0 cm³/mol. The second-order valence-corrected chi connectivity index (χ2v) is 6.97. The van der Waals surface area contributed by atoms with Crippen molar-refractivity contribution in [2.45, 2.75) is 63.3 Å². The van der Waals surface area contributed by atoms with Gasteiger partial charge in [-0.15, -0.1) is 0 Å². The Bertz CT molecular complexity index is 601. The molecule has 1 atom stereocenters. The second-order valence-electron chi connectivity index (χ2n) is 6.97. The van der Waals surface area contributed by atoms with E-state index < -0.39 is 35.6 Å². The highest BCUT2D eigenvalue weighted by molar-refractivity contribution is 5.32. The fourth-order valence-electron chi connectivity index (χ4n) is 2.10. The van der Waals surface area contributed by atoms with Gasteiger partial charge in [-0.2, -0.15) is 30.7 Å². The van der Waals surface area contributed by atoms with E-state index in [0.717, 1.165) is 19.1 Å². The van der Waals surface area contributed by atoms with Crippen LogP contribution in [0.5, 0.6) is 5.75 Å². The first-order valence-corrected chi connectivity index (χ1v) is 7.23. The maximum atomic E-state index is 13.6. The van der Waals surface area contributed by atoms with Crippen molar-refractivity contribution in [2.24, 2.45) is 0 Å². The van der Waals surface area contributed by atoms with Crippen molar-refractivity contribution < 1.29 is 40.6 Å². The lowest BCUT2D eigenvalue weighted by Crippen LogP contribution is -2.54. The van der Waals surface area contributed by atoms with Gasteiger partial charge in [0.2, 0.25) is 0 Å². The summed E-state index contributed by atoms with van der Waals surface area (Å²) in [5, 5.41) is 10.1. The van der Waals surface area contributed by atoms with Gasteiger partial charge in [-0.25, -0.2) is 0 Å². The Morgan fingerprint density at radius 2 is 1.44 bits per heavy atom. The largest absolute Gasteiger partial charge is 0.488 e. The lowest BCUT2D eigenvalue weighted by molar-refractivity contribution is -0.361. The summed E-state index contributed by atoms with van der Waals surface area (Å²) in [6.45, 7) is 5.81. The molecule has 0 spiro atoms. The Balaban J connectivity index is 3.15. The van der Waals surface area contributed by atoms with Crippen molar-refractivity contribution in [2.75, 3.05) is 0 Å². The third kappa shape index (κ3) is 4.99. The average molecular weight is 376 g/mol. The third-order valence-corrected chi connectivity index (χ3v) is 3.26.